The van der Waals surface area contributed by atoms with Gasteiger partial charge in [0, 0.05) is 82.1 Å². The predicted molar refractivity (Wildman–Crippen MR) is 46.8 cm³/mol. The van der Waals surface area contributed by atoms with E-state index in [1.807, 2.05) is 0 Å². The molecule has 0 spiro atoms. The van der Waals surface area contributed by atoms with Crippen molar-refractivity contribution in [1.82, 2.24) is 0 Å². The maximum atomic E-state index is 5.68. The minimum atomic E-state index is -1.54. The topological polar surface area (TPSA) is 9.23 Å². The molecule has 11 heavy (non-hydrogen) atoms. The summed E-state index contributed by atoms with van der Waals surface area (Å²) in [5.74, 6) is 0. The normalized spacial score (nSPS) is 11.5. The van der Waals surface area contributed by atoms with Crippen LogP contribution in [0, 0.1) is 13.1 Å². The van der Waals surface area contributed by atoms with Gasteiger partial charge in [-0.05, 0) is 0 Å². The van der Waals surface area contributed by atoms with Gasteiger partial charge in [-0.1, -0.05) is 26.2 Å². The van der Waals surface area contributed by atoms with E-state index < -0.39 is 16.6 Å². The molecular formula is C6H16OSi2Y2-2. The van der Waals surface area contributed by atoms with E-state index in [9.17, 15) is 0 Å². The summed E-state index contributed by atoms with van der Waals surface area (Å²) >= 11 is 0. The summed E-state index contributed by atoms with van der Waals surface area (Å²) in [6, 6.07) is 0. The van der Waals surface area contributed by atoms with Gasteiger partial charge < -0.3 is 17.2 Å². The van der Waals surface area contributed by atoms with Gasteiger partial charge in [-0.15, -0.1) is 0 Å². The fourth-order valence-electron chi connectivity index (χ4n) is 0.748. The molecule has 0 fully saturated rings. The van der Waals surface area contributed by atoms with Crippen molar-refractivity contribution < 1.29 is 69.5 Å². The molecule has 2 radical (unpaired) electrons. The van der Waals surface area contributed by atoms with Crippen LogP contribution in [0.4, 0.5) is 0 Å². The van der Waals surface area contributed by atoms with Crippen LogP contribution in [0.3, 0.4) is 0 Å². The smallest absolute Gasteiger partial charge is 0.0144 e. The van der Waals surface area contributed by atoms with Crippen molar-refractivity contribution in [2.45, 2.75) is 26.2 Å². The Bertz CT molecular complexity index is 83.7. The summed E-state index contributed by atoms with van der Waals surface area (Å²) in [6.45, 7) is 16.3. The Balaban J connectivity index is -0.000000320. The first-order chi connectivity index (χ1) is 3.71. The standard InChI is InChI=1S/C6H16OSi2.2Y/c1-8(2,3)7-9(4,5)6;;/h1,4H2,2-3,5-6H3;;/q-2;;. The third-order valence-electron chi connectivity index (χ3n) is 0.553. The van der Waals surface area contributed by atoms with E-state index in [1.165, 1.54) is 0 Å². The Morgan fingerprint density at radius 3 is 1.00 bits per heavy atom. The first-order valence-electron chi connectivity index (χ1n) is 3.12. The summed E-state index contributed by atoms with van der Waals surface area (Å²) in [5, 5.41) is 0. The maximum absolute atomic E-state index is 5.68. The molecule has 0 saturated heterocycles. The molecule has 0 aliphatic rings. The van der Waals surface area contributed by atoms with E-state index >= 15 is 0 Å². The van der Waals surface area contributed by atoms with Gasteiger partial charge in [0.25, 0.3) is 0 Å². The van der Waals surface area contributed by atoms with Crippen molar-refractivity contribution in [2.75, 3.05) is 0 Å². The second kappa shape index (κ2) is 6.97. The number of rotatable bonds is 2. The van der Waals surface area contributed by atoms with Gasteiger partial charge in [0.2, 0.25) is 0 Å². The van der Waals surface area contributed by atoms with Crippen LogP contribution >= 0.6 is 0 Å². The molecule has 0 aliphatic heterocycles. The predicted octanol–water partition coefficient (Wildman–Crippen LogP) is 2.15. The van der Waals surface area contributed by atoms with Crippen LogP contribution in [-0.4, -0.2) is 16.6 Å². The molecule has 0 rings (SSSR count). The van der Waals surface area contributed by atoms with Gasteiger partial charge in [-0.2, -0.15) is 0 Å². The van der Waals surface area contributed by atoms with Gasteiger partial charge in [0.1, 0.15) is 0 Å². The minimum Gasteiger partial charge on any atom is -0.508 e. The molecule has 62 valence electrons. The maximum Gasteiger partial charge on any atom is 0.0144 e. The van der Waals surface area contributed by atoms with Gasteiger partial charge in [-0.25, -0.2) is 0 Å². The van der Waals surface area contributed by atoms with Crippen molar-refractivity contribution in [1.29, 1.82) is 0 Å². The zero-order chi connectivity index (χ0) is 7.71. The van der Waals surface area contributed by atoms with E-state index in [0.29, 0.717) is 0 Å². The van der Waals surface area contributed by atoms with Gasteiger partial charge in [-0.3, -0.25) is 0 Å². The molecular weight excluding hydrogens is 322 g/mol. The Morgan fingerprint density at radius 1 is 0.818 bits per heavy atom. The summed E-state index contributed by atoms with van der Waals surface area (Å²) in [7, 11) is -3.09. The van der Waals surface area contributed by atoms with Crippen molar-refractivity contribution in [3.8, 4) is 0 Å². The molecule has 0 N–H and O–H groups in total. The van der Waals surface area contributed by atoms with E-state index in [-0.39, 0.29) is 65.4 Å². The van der Waals surface area contributed by atoms with Crippen LogP contribution in [0.15, 0.2) is 0 Å². The Labute approximate surface area is 123 Å². The first kappa shape index (κ1) is 19.2. The summed E-state index contributed by atoms with van der Waals surface area (Å²) < 4.78 is 5.68. The number of hydrogen-bond acceptors (Lipinski definition) is 1. The minimum absolute atomic E-state index is 0. The fourth-order valence-corrected chi connectivity index (χ4v) is 6.73. The Morgan fingerprint density at radius 2 is 1.00 bits per heavy atom. The molecule has 0 aromatic carbocycles. The molecule has 0 aliphatic carbocycles. The van der Waals surface area contributed by atoms with Crippen molar-refractivity contribution in [3.63, 3.8) is 0 Å². The molecule has 0 unspecified atom stereocenters. The van der Waals surface area contributed by atoms with E-state index in [2.05, 4.69) is 39.3 Å². The molecule has 0 saturated carbocycles. The molecule has 5 heteroatoms. The summed E-state index contributed by atoms with van der Waals surface area (Å²) in [6.07, 6.45) is 0. The van der Waals surface area contributed by atoms with E-state index in [4.69, 9.17) is 4.12 Å². The largest absolute Gasteiger partial charge is 0.508 e. The van der Waals surface area contributed by atoms with E-state index in [1.54, 1.807) is 0 Å². The summed E-state index contributed by atoms with van der Waals surface area (Å²) in [5.41, 5.74) is 0. The second-order valence-corrected chi connectivity index (χ2v) is 11.5. The van der Waals surface area contributed by atoms with Gasteiger partial charge in [0.15, 0.2) is 0 Å². The zero-order valence-corrected chi connectivity index (χ0v) is 15.7. The molecule has 0 bridgehead atoms. The van der Waals surface area contributed by atoms with Gasteiger partial charge in [0.05, 0.1) is 0 Å². The third-order valence-corrected chi connectivity index (χ3v) is 4.97. The summed E-state index contributed by atoms with van der Waals surface area (Å²) in [4.78, 5) is 0. The SMILES string of the molecule is [CH2-][Si](C)(C)O[Si]([CH2-])(C)C.[Y].[Y]. The third kappa shape index (κ3) is 19.1. The quantitative estimate of drug-likeness (QED) is 0.554. The van der Waals surface area contributed by atoms with Gasteiger partial charge >= 0.3 is 0 Å². The molecule has 0 amide bonds. The van der Waals surface area contributed by atoms with E-state index in [0.717, 1.165) is 0 Å². The average molecular weight is 338 g/mol. The molecule has 1 nitrogen and oxygen atoms in total. The zero-order valence-electron chi connectivity index (χ0n) is 7.98. The second-order valence-electron chi connectivity index (χ2n) is 3.62. The molecule has 0 heterocycles. The van der Waals surface area contributed by atoms with Crippen LogP contribution < -0.4 is 0 Å². The Kier molecular flexibility index (Phi) is 12.2. The van der Waals surface area contributed by atoms with Crippen LogP contribution in [0.2, 0.25) is 26.2 Å². The molecule has 0 aromatic rings. The fraction of sp³-hybridized carbons (Fsp3) is 0.667. The van der Waals surface area contributed by atoms with Crippen LogP contribution in [0.25, 0.3) is 0 Å². The van der Waals surface area contributed by atoms with Crippen LogP contribution in [-0.2, 0) is 69.5 Å². The average Bonchev–Trinajstić information content (AvgIpc) is 1.14. The Hall–Kier alpha value is 2.60. The first-order valence-corrected chi connectivity index (χ1v) is 9.35. The van der Waals surface area contributed by atoms with Crippen molar-refractivity contribution in [3.05, 3.63) is 13.1 Å². The van der Waals surface area contributed by atoms with Crippen molar-refractivity contribution in [2.24, 2.45) is 0 Å². The van der Waals surface area contributed by atoms with Crippen LogP contribution in [0.1, 0.15) is 0 Å². The monoisotopic (exact) mass is 338 g/mol. The number of hydrogen-bond donors (Lipinski definition) is 0. The molecule has 0 aromatic heterocycles. The molecule has 0 atom stereocenters. The van der Waals surface area contributed by atoms with Crippen LogP contribution in [0.5, 0.6) is 0 Å². The van der Waals surface area contributed by atoms with Crippen molar-refractivity contribution >= 4 is 16.6 Å².